The van der Waals surface area contributed by atoms with Crippen molar-refractivity contribution in [2.75, 3.05) is 6.54 Å². The molecule has 0 unspecified atom stereocenters. The van der Waals surface area contributed by atoms with Gasteiger partial charge >= 0.3 is 5.97 Å². The lowest BCUT2D eigenvalue weighted by atomic mass is 10.0. The number of unbranched alkanes of at least 4 members (excludes halogenated alkanes) is 3. The molecule has 0 bridgehead atoms. The average Bonchev–Trinajstić information content (AvgIpc) is 3.06. The van der Waals surface area contributed by atoms with E-state index in [1.165, 1.54) is 0 Å². The molecule has 1 aliphatic rings. The van der Waals surface area contributed by atoms with Gasteiger partial charge in [0.25, 0.3) is 5.91 Å². The van der Waals surface area contributed by atoms with Gasteiger partial charge in [-0.25, -0.2) is 0 Å². The highest BCUT2D eigenvalue weighted by molar-refractivity contribution is 6.07. The lowest BCUT2D eigenvalue weighted by molar-refractivity contribution is -0.137. The van der Waals surface area contributed by atoms with Crippen LogP contribution in [0.25, 0.3) is 10.9 Å². The maximum Gasteiger partial charge on any atom is 0.303 e. The van der Waals surface area contributed by atoms with Crippen molar-refractivity contribution in [2.45, 2.75) is 51.4 Å². The van der Waals surface area contributed by atoms with Gasteiger partial charge in [-0.15, -0.1) is 0 Å². The van der Waals surface area contributed by atoms with Crippen LogP contribution in [-0.2, 0) is 17.6 Å². The Morgan fingerprint density at radius 3 is 2.72 bits per heavy atom. The van der Waals surface area contributed by atoms with Gasteiger partial charge in [-0.1, -0.05) is 31.0 Å². The molecule has 2 aromatic rings. The van der Waals surface area contributed by atoms with Crippen LogP contribution in [-0.4, -0.2) is 28.5 Å². The summed E-state index contributed by atoms with van der Waals surface area (Å²) in [5.41, 5.74) is 3.86. The Bertz CT molecular complexity index is 786. The van der Waals surface area contributed by atoms with E-state index in [4.69, 9.17) is 10.1 Å². The van der Waals surface area contributed by atoms with Crippen molar-refractivity contribution in [3.63, 3.8) is 0 Å². The summed E-state index contributed by atoms with van der Waals surface area (Å²) in [6.45, 7) is 0.622. The van der Waals surface area contributed by atoms with Crippen LogP contribution >= 0.6 is 0 Å². The number of benzene rings is 1. The third-order valence-electron chi connectivity index (χ3n) is 4.75. The first-order valence-corrected chi connectivity index (χ1v) is 9.07. The van der Waals surface area contributed by atoms with E-state index in [1.807, 2.05) is 24.3 Å². The summed E-state index contributed by atoms with van der Waals surface area (Å²) in [6, 6.07) is 7.84. The van der Waals surface area contributed by atoms with Crippen molar-refractivity contribution in [1.29, 1.82) is 0 Å². The number of hydrogen-bond donors (Lipinski definition) is 2. The fraction of sp³-hybridized carbons (Fsp3) is 0.450. The minimum atomic E-state index is -0.744. The Morgan fingerprint density at radius 1 is 1.08 bits per heavy atom. The van der Waals surface area contributed by atoms with E-state index in [0.29, 0.717) is 13.0 Å². The third-order valence-corrected chi connectivity index (χ3v) is 4.75. The average molecular weight is 340 g/mol. The zero-order chi connectivity index (χ0) is 17.6. The number of hydrogen-bond acceptors (Lipinski definition) is 3. The summed E-state index contributed by atoms with van der Waals surface area (Å²) in [5.74, 6) is -0.756. The monoisotopic (exact) mass is 340 g/mol. The van der Waals surface area contributed by atoms with Crippen LogP contribution in [0.2, 0.25) is 0 Å². The third kappa shape index (κ3) is 4.16. The molecule has 1 aromatic carbocycles. The maximum absolute atomic E-state index is 12.8. The predicted octanol–water partition coefficient (Wildman–Crippen LogP) is 3.49. The highest BCUT2D eigenvalue weighted by Gasteiger charge is 2.23. The van der Waals surface area contributed by atoms with Crippen LogP contribution in [0.5, 0.6) is 0 Å². The molecule has 3 rings (SSSR count). The number of rotatable bonds is 8. The molecule has 1 amide bonds. The molecule has 0 radical (unpaired) electrons. The van der Waals surface area contributed by atoms with Crippen molar-refractivity contribution in [3.05, 3.63) is 41.1 Å². The molecule has 132 valence electrons. The number of carbonyl (C=O) groups is 2. The molecular formula is C20H24N2O3. The van der Waals surface area contributed by atoms with Crippen molar-refractivity contribution in [1.82, 2.24) is 10.3 Å². The first kappa shape index (κ1) is 17.4. The van der Waals surface area contributed by atoms with Crippen LogP contribution in [0.4, 0.5) is 0 Å². The number of amides is 1. The number of nitrogens with zero attached hydrogens (tertiary/aromatic N) is 1. The van der Waals surface area contributed by atoms with Crippen LogP contribution in [0.15, 0.2) is 24.3 Å². The number of nitrogens with one attached hydrogen (secondary N) is 1. The van der Waals surface area contributed by atoms with E-state index in [-0.39, 0.29) is 12.3 Å². The summed E-state index contributed by atoms with van der Waals surface area (Å²) < 4.78 is 0. The molecular weight excluding hydrogens is 316 g/mol. The molecule has 5 heteroatoms. The molecule has 0 spiro atoms. The normalized spacial score (nSPS) is 13.0. The van der Waals surface area contributed by atoms with Gasteiger partial charge < -0.3 is 10.4 Å². The molecule has 0 fully saturated rings. The fourth-order valence-corrected chi connectivity index (χ4v) is 3.52. The smallest absolute Gasteiger partial charge is 0.303 e. The Morgan fingerprint density at radius 2 is 1.88 bits per heavy atom. The Hall–Kier alpha value is -2.43. The quantitative estimate of drug-likeness (QED) is 0.721. The van der Waals surface area contributed by atoms with Crippen LogP contribution in [0, 0.1) is 0 Å². The molecule has 5 nitrogen and oxygen atoms in total. The standard InChI is InChI=1S/C20H24N2O3/c23-18(24)12-3-1-2-6-13-21-20(25)19-14-8-4-5-10-16(14)22-17-11-7-9-15(17)19/h4-5,8,10H,1-3,6-7,9,11-13H2,(H,21,25)(H,23,24). The Labute approximate surface area is 147 Å². The van der Waals surface area contributed by atoms with E-state index < -0.39 is 5.97 Å². The second-order valence-electron chi connectivity index (χ2n) is 6.60. The molecule has 1 heterocycles. The number of para-hydroxylation sites is 1. The van der Waals surface area contributed by atoms with Gasteiger partial charge in [0, 0.05) is 24.0 Å². The van der Waals surface area contributed by atoms with Gasteiger partial charge in [0.2, 0.25) is 0 Å². The molecule has 0 aliphatic heterocycles. The van der Waals surface area contributed by atoms with Crippen molar-refractivity contribution < 1.29 is 14.7 Å². The lowest BCUT2D eigenvalue weighted by Crippen LogP contribution is -2.26. The zero-order valence-electron chi connectivity index (χ0n) is 14.4. The number of fused-ring (bicyclic) bond motifs is 2. The number of carboxylic acids is 1. The summed E-state index contributed by atoms with van der Waals surface area (Å²) in [6.07, 6.45) is 6.54. The molecule has 1 aliphatic carbocycles. The summed E-state index contributed by atoms with van der Waals surface area (Å²) in [7, 11) is 0. The van der Waals surface area contributed by atoms with E-state index in [9.17, 15) is 9.59 Å². The second-order valence-corrected chi connectivity index (χ2v) is 6.60. The predicted molar refractivity (Wildman–Crippen MR) is 96.8 cm³/mol. The summed E-state index contributed by atoms with van der Waals surface area (Å²) >= 11 is 0. The summed E-state index contributed by atoms with van der Waals surface area (Å²) in [4.78, 5) is 28.0. The van der Waals surface area contributed by atoms with Gasteiger partial charge in [0.1, 0.15) is 0 Å². The largest absolute Gasteiger partial charge is 0.481 e. The first-order valence-electron chi connectivity index (χ1n) is 9.07. The number of aliphatic carboxylic acids is 1. The van der Waals surface area contributed by atoms with Gasteiger partial charge in [-0.2, -0.15) is 0 Å². The van der Waals surface area contributed by atoms with Gasteiger partial charge in [0.15, 0.2) is 0 Å². The number of pyridine rings is 1. The van der Waals surface area contributed by atoms with E-state index in [1.54, 1.807) is 0 Å². The van der Waals surface area contributed by atoms with Crippen LogP contribution in [0.3, 0.4) is 0 Å². The zero-order valence-corrected chi connectivity index (χ0v) is 14.4. The molecule has 25 heavy (non-hydrogen) atoms. The van der Waals surface area contributed by atoms with E-state index >= 15 is 0 Å². The van der Waals surface area contributed by atoms with Crippen molar-refractivity contribution in [2.24, 2.45) is 0 Å². The van der Waals surface area contributed by atoms with Crippen molar-refractivity contribution in [3.8, 4) is 0 Å². The fourth-order valence-electron chi connectivity index (χ4n) is 3.52. The SMILES string of the molecule is O=C(O)CCCCCCNC(=O)c1c2c(nc3ccccc13)CCC2. The van der Waals surface area contributed by atoms with Gasteiger partial charge in [-0.3, -0.25) is 14.6 Å². The highest BCUT2D eigenvalue weighted by Crippen LogP contribution is 2.29. The lowest BCUT2D eigenvalue weighted by Gasteiger charge is -2.12. The molecule has 0 saturated heterocycles. The minimum absolute atomic E-state index is 0.0118. The van der Waals surface area contributed by atoms with Crippen LogP contribution < -0.4 is 5.32 Å². The van der Waals surface area contributed by atoms with Crippen molar-refractivity contribution >= 4 is 22.8 Å². The number of carboxylic acid groups (broad SMARTS) is 1. The number of aryl methyl sites for hydroxylation is 1. The molecule has 1 aromatic heterocycles. The highest BCUT2D eigenvalue weighted by atomic mass is 16.4. The Balaban J connectivity index is 1.62. The second kappa shape index (κ2) is 8.10. The minimum Gasteiger partial charge on any atom is -0.481 e. The molecule has 0 atom stereocenters. The van der Waals surface area contributed by atoms with Gasteiger partial charge in [0.05, 0.1) is 11.1 Å². The van der Waals surface area contributed by atoms with E-state index in [2.05, 4.69) is 5.32 Å². The van der Waals surface area contributed by atoms with Crippen LogP contribution in [0.1, 0.15) is 60.1 Å². The molecule has 2 N–H and O–H groups in total. The maximum atomic E-state index is 12.8. The number of carbonyl (C=O) groups excluding carboxylic acids is 1. The Kier molecular flexibility index (Phi) is 5.64. The topological polar surface area (TPSA) is 79.3 Å². The first-order chi connectivity index (χ1) is 12.2. The van der Waals surface area contributed by atoms with Gasteiger partial charge in [-0.05, 0) is 43.7 Å². The summed E-state index contributed by atoms with van der Waals surface area (Å²) in [5, 5.41) is 12.6. The number of aromatic nitrogens is 1. The van der Waals surface area contributed by atoms with E-state index in [0.717, 1.165) is 66.2 Å². The molecule has 0 saturated carbocycles.